The fraction of sp³-hybridized carbons (Fsp3) is 0.385. The van der Waals surface area contributed by atoms with Crippen molar-refractivity contribution in [2.75, 3.05) is 13.7 Å². The van der Waals surface area contributed by atoms with Crippen LogP contribution in [-0.2, 0) is 4.74 Å². The minimum absolute atomic E-state index is 0.216. The van der Waals surface area contributed by atoms with Crippen LogP contribution in [0.15, 0.2) is 29.3 Å². The molecule has 0 heterocycles. The molecule has 5 heteroatoms. The van der Waals surface area contributed by atoms with Crippen molar-refractivity contribution in [2.45, 2.75) is 19.8 Å². The van der Waals surface area contributed by atoms with E-state index in [0.717, 1.165) is 12.8 Å². The number of nitrogens with one attached hydrogen (secondary N) is 1. The van der Waals surface area contributed by atoms with E-state index < -0.39 is 0 Å². The second-order valence-corrected chi connectivity index (χ2v) is 4.09. The van der Waals surface area contributed by atoms with Crippen molar-refractivity contribution in [3.05, 3.63) is 34.9 Å². The summed E-state index contributed by atoms with van der Waals surface area (Å²) in [4.78, 5) is 16.1. The van der Waals surface area contributed by atoms with Crippen molar-refractivity contribution in [2.24, 2.45) is 4.99 Å². The Morgan fingerprint density at radius 2 is 2.17 bits per heavy atom. The lowest BCUT2D eigenvalue weighted by molar-refractivity contribution is 0.0968. The smallest absolute Gasteiger partial charge is 0.291 e. The third-order valence-electron chi connectivity index (χ3n) is 2.30. The minimum Gasteiger partial charge on any atom is -0.468 e. The van der Waals surface area contributed by atoms with E-state index in [2.05, 4.69) is 17.2 Å². The monoisotopic (exact) mass is 268 g/mol. The van der Waals surface area contributed by atoms with Gasteiger partial charge in [-0.05, 0) is 18.6 Å². The van der Waals surface area contributed by atoms with Gasteiger partial charge >= 0.3 is 0 Å². The first-order valence-corrected chi connectivity index (χ1v) is 6.21. The molecule has 0 bridgehead atoms. The molecule has 0 aliphatic rings. The molecule has 18 heavy (non-hydrogen) atoms. The molecule has 0 radical (unpaired) electrons. The van der Waals surface area contributed by atoms with Crippen LogP contribution in [0.25, 0.3) is 0 Å². The molecule has 98 valence electrons. The normalized spacial score (nSPS) is 11.2. The van der Waals surface area contributed by atoms with Crippen LogP contribution in [0.1, 0.15) is 30.1 Å². The Hall–Kier alpha value is -1.55. The summed E-state index contributed by atoms with van der Waals surface area (Å²) in [5.74, 6) is -0.322. The van der Waals surface area contributed by atoms with Crippen molar-refractivity contribution >= 4 is 23.5 Å². The number of hydrogen-bond acceptors (Lipinski definition) is 3. The van der Waals surface area contributed by atoms with Crippen LogP contribution in [0.4, 0.5) is 0 Å². The summed E-state index contributed by atoms with van der Waals surface area (Å²) in [6.07, 6.45) is 1.99. The quantitative estimate of drug-likeness (QED) is 0.519. The molecule has 1 amide bonds. The maximum absolute atomic E-state index is 11.9. The second-order valence-electron chi connectivity index (χ2n) is 3.68. The van der Waals surface area contributed by atoms with E-state index in [9.17, 15) is 4.79 Å². The summed E-state index contributed by atoms with van der Waals surface area (Å²) in [6.45, 7) is 2.70. The first-order valence-electron chi connectivity index (χ1n) is 5.83. The fourth-order valence-electron chi connectivity index (χ4n) is 1.30. The zero-order valence-electron chi connectivity index (χ0n) is 10.6. The SMILES string of the molecule is CCCCN=C(NC(=O)c1ccccc1Cl)OC. The highest BCUT2D eigenvalue weighted by molar-refractivity contribution is 6.34. The van der Waals surface area contributed by atoms with Gasteiger partial charge in [-0.1, -0.05) is 37.1 Å². The lowest BCUT2D eigenvalue weighted by Gasteiger charge is -2.08. The van der Waals surface area contributed by atoms with Crippen LogP contribution >= 0.6 is 11.6 Å². The van der Waals surface area contributed by atoms with Gasteiger partial charge in [-0.3, -0.25) is 10.1 Å². The third-order valence-corrected chi connectivity index (χ3v) is 2.63. The van der Waals surface area contributed by atoms with Gasteiger partial charge in [0.15, 0.2) is 0 Å². The first-order chi connectivity index (χ1) is 8.69. The number of amides is 1. The maximum Gasteiger partial charge on any atom is 0.291 e. The Morgan fingerprint density at radius 1 is 1.44 bits per heavy atom. The Kier molecular flexibility index (Phi) is 6.22. The van der Waals surface area contributed by atoms with E-state index in [1.165, 1.54) is 7.11 Å². The van der Waals surface area contributed by atoms with Crippen LogP contribution in [0.3, 0.4) is 0 Å². The van der Waals surface area contributed by atoms with E-state index in [1.54, 1.807) is 24.3 Å². The molecule has 1 N–H and O–H groups in total. The summed E-state index contributed by atoms with van der Waals surface area (Å²) in [5, 5.41) is 2.99. The fourth-order valence-corrected chi connectivity index (χ4v) is 1.53. The van der Waals surface area contributed by atoms with Gasteiger partial charge in [0, 0.05) is 6.54 Å². The molecule has 0 aromatic heterocycles. The number of ether oxygens (including phenoxy) is 1. The van der Waals surface area contributed by atoms with Crippen LogP contribution in [0.5, 0.6) is 0 Å². The zero-order chi connectivity index (χ0) is 13.4. The number of aliphatic imine (C=N–C) groups is 1. The molecular formula is C13H17ClN2O2. The lowest BCUT2D eigenvalue weighted by atomic mass is 10.2. The Balaban J connectivity index is 2.68. The number of benzene rings is 1. The molecule has 1 aromatic rings. The number of amidine groups is 1. The molecule has 0 aliphatic heterocycles. The molecule has 0 atom stereocenters. The molecule has 1 aromatic carbocycles. The van der Waals surface area contributed by atoms with Crippen LogP contribution in [0.2, 0.25) is 5.02 Å². The standard InChI is InChI=1S/C13H17ClN2O2/c1-3-4-9-15-13(18-2)16-12(17)10-7-5-6-8-11(10)14/h5-8H,3-4,9H2,1-2H3,(H,15,16,17). The predicted octanol–water partition coefficient (Wildman–Crippen LogP) is 2.87. The number of halogens is 1. The van der Waals surface area contributed by atoms with E-state index >= 15 is 0 Å². The molecule has 0 saturated carbocycles. The first kappa shape index (κ1) is 14.5. The van der Waals surface area contributed by atoms with Gasteiger partial charge in [0.05, 0.1) is 17.7 Å². The number of carbonyl (C=O) groups excluding carboxylic acids is 1. The number of unbranched alkanes of at least 4 members (excludes halogenated alkanes) is 1. The largest absolute Gasteiger partial charge is 0.468 e. The predicted molar refractivity (Wildman–Crippen MR) is 73.1 cm³/mol. The van der Waals surface area contributed by atoms with Crippen molar-refractivity contribution in [1.82, 2.24) is 5.32 Å². The van der Waals surface area contributed by atoms with Gasteiger partial charge in [0.1, 0.15) is 0 Å². The van der Waals surface area contributed by atoms with Crippen LogP contribution < -0.4 is 5.32 Å². The van der Waals surface area contributed by atoms with E-state index in [4.69, 9.17) is 16.3 Å². The number of hydrogen-bond donors (Lipinski definition) is 1. The highest BCUT2D eigenvalue weighted by Crippen LogP contribution is 2.14. The molecule has 0 spiro atoms. The molecular weight excluding hydrogens is 252 g/mol. The van der Waals surface area contributed by atoms with Gasteiger partial charge in [-0.15, -0.1) is 0 Å². The topological polar surface area (TPSA) is 50.7 Å². The average Bonchev–Trinajstić information content (AvgIpc) is 2.38. The minimum atomic E-state index is -0.322. The van der Waals surface area contributed by atoms with Gasteiger partial charge in [-0.25, -0.2) is 4.99 Å². The van der Waals surface area contributed by atoms with Gasteiger partial charge < -0.3 is 4.74 Å². The van der Waals surface area contributed by atoms with Crippen molar-refractivity contribution in [1.29, 1.82) is 0 Å². The Morgan fingerprint density at radius 3 is 2.78 bits per heavy atom. The molecule has 0 fully saturated rings. The van der Waals surface area contributed by atoms with Crippen molar-refractivity contribution in [3.8, 4) is 0 Å². The van der Waals surface area contributed by atoms with Crippen molar-refractivity contribution in [3.63, 3.8) is 0 Å². The van der Waals surface area contributed by atoms with E-state index in [1.807, 2.05) is 0 Å². The molecule has 1 rings (SSSR count). The van der Waals surface area contributed by atoms with Crippen LogP contribution in [0, 0.1) is 0 Å². The Labute approximate surface area is 112 Å². The van der Waals surface area contributed by atoms with Crippen LogP contribution in [-0.4, -0.2) is 25.6 Å². The van der Waals surface area contributed by atoms with Crippen molar-refractivity contribution < 1.29 is 9.53 Å². The van der Waals surface area contributed by atoms with E-state index in [-0.39, 0.29) is 11.9 Å². The molecule has 0 aliphatic carbocycles. The highest BCUT2D eigenvalue weighted by atomic mass is 35.5. The van der Waals surface area contributed by atoms with Gasteiger partial charge in [0.2, 0.25) is 0 Å². The Bertz CT molecular complexity index is 433. The molecule has 4 nitrogen and oxygen atoms in total. The summed E-state index contributed by atoms with van der Waals surface area (Å²) in [6, 6.07) is 7.05. The highest BCUT2D eigenvalue weighted by Gasteiger charge is 2.11. The van der Waals surface area contributed by atoms with Gasteiger partial charge in [0.25, 0.3) is 11.9 Å². The second kappa shape index (κ2) is 7.71. The summed E-state index contributed by atoms with van der Waals surface area (Å²) in [5.41, 5.74) is 0.402. The molecule has 0 unspecified atom stereocenters. The lowest BCUT2D eigenvalue weighted by Crippen LogP contribution is -2.32. The number of methoxy groups -OCH3 is 1. The maximum atomic E-state index is 11.9. The third kappa shape index (κ3) is 4.37. The summed E-state index contributed by atoms with van der Waals surface area (Å²) in [7, 11) is 1.47. The number of nitrogens with zero attached hydrogens (tertiary/aromatic N) is 1. The average molecular weight is 269 g/mol. The van der Waals surface area contributed by atoms with Gasteiger partial charge in [-0.2, -0.15) is 0 Å². The zero-order valence-corrected chi connectivity index (χ0v) is 11.3. The molecule has 0 saturated heterocycles. The van der Waals surface area contributed by atoms with E-state index in [0.29, 0.717) is 17.1 Å². The number of carbonyl (C=O) groups is 1. The summed E-state index contributed by atoms with van der Waals surface area (Å²) < 4.78 is 5.00. The number of rotatable bonds is 4. The summed E-state index contributed by atoms with van der Waals surface area (Å²) >= 11 is 5.93.